The second kappa shape index (κ2) is 8.01. The van der Waals surface area contributed by atoms with Gasteiger partial charge in [0.05, 0.1) is 0 Å². The minimum Gasteiger partial charge on any atom is -0.345 e. The molecular weight excluding hydrogens is 438 g/mol. The summed E-state index contributed by atoms with van der Waals surface area (Å²) in [5, 5.41) is 6.01. The molecule has 0 atom stereocenters. The average Bonchev–Trinajstić information content (AvgIpc) is 2.96. The molecule has 4 fully saturated rings. The van der Waals surface area contributed by atoms with Gasteiger partial charge in [0.2, 0.25) is 5.91 Å². The molecule has 8 nitrogen and oxygen atoms in total. The Labute approximate surface area is 178 Å². The Morgan fingerprint density at radius 2 is 1.72 bits per heavy atom. The number of hydrogen-bond donors (Lipinski definition) is 4. The van der Waals surface area contributed by atoms with Gasteiger partial charge in [-0.05, 0) is 78.3 Å². The summed E-state index contributed by atoms with van der Waals surface area (Å²) >= 11 is 3.30. The van der Waals surface area contributed by atoms with Crippen LogP contribution in [0.25, 0.3) is 0 Å². The zero-order valence-electron chi connectivity index (χ0n) is 16.6. The van der Waals surface area contributed by atoms with E-state index in [1.165, 1.54) is 19.3 Å². The molecule has 0 aromatic carbocycles. The molecule has 4 amide bonds. The van der Waals surface area contributed by atoms with Gasteiger partial charge in [0.1, 0.15) is 5.69 Å². The van der Waals surface area contributed by atoms with Crippen LogP contribution in [0.1, 0.15) is 55.4 Å². The van der Waals surface area contributed by atoms with Crippen molar-refractivity contribution >= 4 is 33.8 Å². The number of rotatable bonds is 5. The third-order valence-corrected chi connectivity index (χ3v) is 7.01. The lowest BCUT2D eigenvalue weighted by Crippen LogP contribution is -2.61. The maximum absolute atomic E-state index is 12.4. The second-order valence-electron chi connectivity index (χ2n) is 8.99. The first-order chi connectivity index (χ1) is 13.8. The summed E-state index contributed by atoms with van der Waals surface area (Å²) in [6.45, 7) is 0.218. The average molecular weight is 466 g/mol. The minimum absolute atomic E-state index is 0.0432. The molecule has 4 saturated carbocycles. The number of aryl methyl sites for hydroxylation is 1. The van der Waals surface area contributed by atoms with Crippen molar-refractivity contribution in [1.29, 1.82) is 0 Å². The number of amides is 4. The fourth-order valence-electron chi connectivity index (χ4n) is 5.84. The summed E-state index contributed by atoms with van der Waals surface area (Å²) in [6, 6.07) is 1.47. The van der Waals surface area contributed by atoms with Crippen molar-refractivity contribution in [3.8, 4) is 0 Å². The Morgan fingerprint density at radius 1 is 1.10 bits per heavy atom. The molecule has 9 heteroatoms. The Morgan fingerprint density at radius 3 is 2.28 bits per heavy atom. The summed E-state index contributed by atoms with van der Waals surface area (Å²) in [5.41, 5.74) is 5.14. The van der Waals surface area contributed by atoms with E-state index < -0.39 is 5.91 Å². The predicted octanol–water partition coefficient (Wildman–Crippen LogP) is 2.21. The molecule has 4 aliphatic carbocycles. The van der Waals surface area contributed by atoms with E-state index in [-0.39, 0.29) is 30.4 Å². The highest BCUT2D eigenvalue weighted by atomic mass is 79.9. The first-order valence-electron chi connectivity index (χ1n) is 10.3. The monoisotopic (exact) mass is 465 g/mol. The maximum Gasteiger partial charge on any atom is 0.315 e. The van der Waals surface area contributed by atoms with Crippen LogP contribution in [0.5, 0.6) is 0 Å². The summed E-state index contributed by atoms with van der Waals surface area (Å²) in [5.74, 6) is 1.53. The van der Waals surface area contributed by atoms with Crippen LogP contribution >= 0.6 is 15.9 Å². The molecule has 0 radical (unpaired) electrons. The number of urea groups is 1. The third kappa shape index (κ3) is 4.60. The minimum atomic E-state index is -0.404. The Kier molecular flexibility index (Phi) is 5.59. The van der Waals surface area contributed by atoms with Crippen LogP contribution in [0, 0.1) is 17.8 Å². The van der Waals surface area contributed by atoms with Crippen molar-refractivity contribution in [1.82, 2.24) is 26.1 Å². The van der Waals surface area contributed by atoms with Gasteiger partial charge in [-0.25, -0.2) is 4.79 Å². The summed E-state index contributed by atoms with van der Waals surface area (Å²) in [4.78, 5) is 36.4. The lowest BCUT2D eigenvalue weighted by molar-refractivity contribution is -0.121. The number of nitrogens with one attached hydrogen (secondary N) is 4. The Balaban J connectivity index is 1.16. The first-order valence-corrected chi connectivity index (χ1v) is 11.1. The lowest BCUT2D eigenvalue weighted by atomic mass is 9.53. The fourth-order valence-corrected chi connectivity index (χ4v) is 6.37. The van der Waals surface area contributed by atoms with Crippen LogP contribution in [-0.2, 0) is 11.8 Å². The normalized spacial score (nSPS) is 29.4. The number of nitrogens with zero attached hydrogens (tertiary/aromatic N) is 1. The zero-order chi connectivity index (χ0) is 20.6. The second-order valence-corrected chi connectivity index (χ2v) is 9.90. The van der Waals surface area contributed by atoms with Crippen LogP contribution in [0.4, 0.5) is 4.79 Å². The molecule has 5 rings (SSSR count). The molecule has 0 saturated heterocycles. The lowest BCUT2D eigenvalue weighted by Gasteiger charge is -2.56. The van der Waals surface area contributed by atoms with E-state index in [9.17, 15) is 14.4 Å². The van der Waals surface area contributed by atoms with Crippen molar-refractivity contribution in [2.45, 2.75) is 50.5 Å². The van der Waals surface area contributed by atoms with Crippen molar-refractivity contribution < 1.29 is 14.4 Å². The topological polar surface area (TPSA) is 104 Å². The van der Waals surface area contributed by atoms with E-state index in [1.807, 2.05) is 0 Å². The SMILES string of the molecule is Cn1cc(Br)cc1C(=O)NNC(=O)CCNC(=O)NC12CC3CC(CC(C3)C1)C2. The largest absolute Gasteiger partial charge is 0.345 e. The molecule has 0 spiro atoms. The highest BCUT2D eigenvalue weighted by Crippen LogP contribution is 2.55. The molecule has 158 valence electrons. The van der Waals surface area contributed by atoms with Gasteiger partial charge in [0.25, 0.3) is 5.91 Å². The number of aromatic nitrogens is 1. The van der Waals surface area contributed by atoms with E-state index in [2.05, 4.69) is 37.4 Å². The van der Waals surface area contributed by atoms with Gasteiger partial charge in [-0.3, -0.25) is 20.4 Å². The first kappa shape index (κ1) is 20.3. The van der Waals surface area contributed by atoms with Crippen LogP contribution in [0.3, 0.4) is 0 Å². The van der Waals surface area contributed by atoms with Gasteiger partial charge >= 0.3 is 6.03 Å². The molecule has 29 heavy (non-hydrogen) atoms. The van der Waals surface area contributed by atoms with Crippen molar-refractivity contribution in [2.24, 2.45) is 24.8 Å². The highest BCUT2D eigenvalue weighted by Gasteiger charge is 2.51. The number of hydrogen-bond acceptors (Lipinski definition) is 3. The number of carbonyl (C=O) groups excluding carboxylic acids is 3. The van der Waals surface area contributed by atoms with Crippen molar-refractivity contribution in [3.63, 3.8) is 0 Å². The van der Waals surface area contributed by atoms with E-state index in [0.29, 0.717) is 5.69 Å². The van der Waals surface area contributed by atoms with Gasteiger partial charge in [-0.2, -0.15) is 0 Å². The van der Waals surface area contributed by atoms with E-state index in [0.717, 1.165) is 41.5 Å². The summed E-state index contributed by atoms with van der Waals surface area (Å²) in [7, 11) is 1.74. The maximum atomic E-state index is 12.4. The predicted molar refractivity (Wildman–Crippen MR) is 111 cm³/mol. The standard InChI is InChI=1S/C20H28BrN5O3/c1-26-11-15(21)7-16(26)18(28)25-24-17(27)2-3-22-19(29)23-20-8-12-4-13(9-20)6-14(5-12)10-20/h7,11-14H,2-6,8-10H2,1H3,(H,24,27)(H,25,28)(H2,22,23,29). The van der Waals surface area contributed by atoms with E-state index in [4.69, 9.17) is 0 Å². The molecule has 1 aromatic heterocycles. The molecule has 4 aliphatic rings. The number of halogens is 1. The fraction of sp³-hybridized carbons (Fsp3) is 0.650. The zero-order valence-corrected chi connectivity index (χ0v) is 18.2. The van der Waals surface area contributed by atoms with Crippen LogP contribution < -0.4 is 21.5 Å². The molecule has 4 N–H and O–H groups in total. The van der Waals surface area contributed by atoms with E-state index >= 15 is 0 Å². The molecule has 4 bridgehead atoms. The molecule has 1 heterocycles. The molecule has 0 aliphatic heterocycles. The summed E-state index contributed by atoms with van der Waals surface area (Å²) < 4.78 is 2.44. The van der Waals surface area contributed by atoms with Crippen molar-refractivity contribution in [3.05, 3.63) is 22.4 Å². The van der Waals surface area contributed by atoms with Gasteiger partial charge in [-0.15, -0.1) is 0 Å². The number of hydrazine groups is 1. The quantitative estimate of drug-likeness (QED) is 0.501. The van der Waals surface area contributed by atoms with Crippen LogP contribution in [-0.4, -0.2) is 34.5 Å². The third-order valence-electron chi connectivity index (χ3n) is 6.57. The van der Waals surface area contributed by atoms with Gasteiger partial charge in [0.15, 0.2) is 0 Å². The Hall–Kier alpha value is -2.03. The van der Waals surface area contributed by atoms with Gasteiger partial charge in [0, 0.05) is 36.2 Å². The van der Waals surface area contributed by atoms with Crippen LogP contribution in [0.15, 0.2) is 16.7 Å². The number of carbonyl (C=O) groups is 3. The smallest absolute Gasteiger partial charge is 0.315 e. The molecular formula is C20H28BrN5O3. The summed E-state index contributed by atoms with van der Waals surface area (Å²) in [6.07, 6.45) is 9.10. The molecule has 1 aromatic rings. The van der Waals surface area contributed by atoms with E-state index in [1.54, 1.807) is 23.9 Å². The molecule has 0 unspecified atom stereocenters. The van der Waals surface area contributed by atoms with Crippen LogP contribution in [0.2, 0.25) is 0 Å². The van der Waals surface area contributed by atoms with Gasteiger partial charge < -0.3 is 15.2 Å². The Bertz CT molecular complexity index is 786. The highest BCUT2D eigenvalue weighted by molar-refractivity contribution is 9.10. The van der Waals surface area contributed by atoms with Gasteiger partial charge in [-0.1, -0.05) is 0 Å². The van der Waals surface area contributed by atoms with Crippen molar-refractivity contribution in [2.75, 3.05) is 6.54 Å².